The van der Waals surface area contributed by atoms with Gasteiger partial charge in [0.1, 0.15) is 6.07 Å². The van der Waals surface area contributed by atoms with Gasteiger partial charge in [0.05, 0.1) is 29.1 Å². The van der Waals surface area contributed by atoms with Crippen LogP contribution in [0.2, 0.25) is 0 Å². The number of thioether (sulfide) groups is 2. The van der Waals surface area contributed by atoms with Gasteiger partial charge in [-0.3, -0.25) is 0 Å². The van der Waals surface area contributed by atoms with Crippen LogP contribution in [0.4, 0.5) is 26.3 Å². The third kappa shape index (κ3) is 19.3. The number of hydrogen-bond acceptors (Lipinski definition) is 8. The Kier molecular flexibility index (Phi) is 19.5. The highest BCUT2D eigenvalue weighted by Gasteiger charge is 2.33. The Morgan fingerprint density at radius 1 is 0.825 bits per heavy atom. The molecule has 0 heterocycles. The van der Waals surface area contributed by atoms with Crippen molar-refractivity contribution in [3.63, 3.8) is 0 Å². The number of hydrogen-bond donors (Lipinski definition) is 0. The third-order valence-corrected chi connectivity index (χ3v) is 9.25. The van der Waals surface area contributed by atoms with E-state index in [1.807, 2.05) is 0 Å². The molecule has 0 radical (unpaired) electrons. The van der Waals surface area contributed by atoms with Crippen LogP contribution in [0.5, 0.6) is 0 Å². The SMILES string of the molecule is CC1(C)CCC(=C(C#N)SCCC(F)(F)F)CC1.CC1(C)CCC(C(C#N)SCCC(F)(F)F)CC1.O=O.O=O. The maximum Gasteiger partial charge on any atom is 0.389 e. The van der Waals surface area contributed by atoms with Crippen molar-refractivity contribution in [3.05, 3.63) is 30.3 Å². The van der Waals surface area contributed by atoms with E-state index in [0.717, 1.165) is 68.7 Å². The summed E-state index contributed by atoms with van der Waals surface area (Å²) in [7, 11) is 0. The Balaban J connectivity index is 0. The lowest BCUT2D eigenvalue weighted by molar-refractivity contribution is -0.130. The topological polar surface area (TPSA) is 116 Å². The molecule has 40 heavy (non-hydrogen) atoms. The zero-order valence-electron chi connectivity index (χ0n) is 23.3. The molecule has 0 aromatic rings. The summed E-state index contributed by atoms with van der Waals surface area (Å²) in [5.41, 5.74) is 1.66. The second kappa shape index (κ2) is 19.3. The van der Waals surface area contributed by atoms with Crippen LogP contribution in [0.25, 0.3) is 0 Å². The van der Waals surface area contributed by atoms with Crippen molar-refractivity contribution in [2.75, 3.05) is 11.5 Å². The molecule has 2 fully saturated rings. The maximum atomic E-state index is 12.1. The smallest absolute Gasteiger partial charge is 0.197 e. The lowest BCUT2D eigenvalue weighted by Crippen LogP contribution is -2.27. The van der Waals surface area contributed by atoms with Crippen molar-refractivity contribution in [1.82, 2.24) is 0 Å². The van der Waals surface area contributed by atoms with E-state index in [4.69, 9.17) is 30.4 Å². The lowest BCUT2D eigenvalue weighted by atomic mass is 9.72. The highest BCUT2D eigenvalue weighted by Crippen LogP contribution is 2.42. The standard InChI is InChI=1S/C13H20F3NS.C13H18F3NS.2O2/c2*1-12(2)5-3-10(4-6-12)11(9-17)18-8-7-13(14,15)16;2*1-2/h10-11H,3-8H2,1-2H3;3-8H2,1-2H3;;. The summed E-state index contributed by atoms with van der Waals surface area (Å²) in [6.45, 7) is 8.79. The van der Waals surface area contributed by atoms with Gasteiger partial charge in [0.15, 0.2) is 0 Å². The van der Waals surface area contributed by atoms with Gasteiger partial charge in [0, 0.05) is 31.4 Å². The minimum atomic E-state index is -4.13. The third-order valence-electron chi connectivity index (χ3n) is 6.88. The van der Waals surface area contributed by atoms with E-state index in [1.54, 1.807) is 0 Å². The van der Waals surface area contributed by atoms with E-state index in [-0.39, 0.29) is 22.7 Å². The summed E-state index contributed by atoms with van der Waals surface area (Å²) in [5.74, 6) is 0.210. The summed E-state index contributed by atoms with van der Waals surface area (Å²) in [6, 6.07) is 4.24. The molecule has 0 aliphatic heterocycles. The first kappa shape index (κ1) is 40.3. The molecule has 2 saturated carbocycles. The van der Waals surface area contributed by atoms with Gasteiger partial charge in [-0.2, -0.15) is 36.9 Å². The highest BCUT2D eigenvalue weighted by molar-refractivity contribution is 8.03. The van der Waals surface area contributed by atoms with Crippen LogP contribution in [-0.4, -0.2) is 29.1 Å². The number of allylic oxidation sites excluding steroid dienone is 2. The van der Waals surface area contributed by atoms with Gasteiger partial charge < -0.3 is 0 Å². The summed E-state index contributed by atoms with van der Waals surface area (Å²) < 4.78 is 72.3. The van der Waals surface area contributed by atoms with Crippen molar-refractivity contribution >= 4 is 23.5 Å². The van der Waals surface area contributed by atoms with E-state index in [0.29, 0.717) is 15.7 Å². The monoisotopic (exact) mass is 620 g/mol. The first-order valence-electron chi connectivity index (χ1n) is 12.7. The molecule has 14 heteroatoms. The maximum absolute atomic E-state index is 12.1. The van der Waals surface area contributed by atoms with Crippen LogP contribution in [0, 0.1) is 59.3 Å². The predicted molar refractivity (Wildman–Crippen MR) is 150 cm³/mol. The minimum Gasteiger partial charge on any atom is -0.197 e. The number of nitriles is 2. The van der Waals surface area contributed by atoms with Gasteiger partial charge in [-0.25, -0.2) is 0 Å². The van der Waals surface area contributed by atoms with Crippen LogP contribution in [0.1, 0.15) is 91.9 Å². The molecule has 230 valence electrons. The predicted octanol–water partition coefficient (Wildman–Crippen LogP) is 9.96. The zero-order chi connectivity index (χ0) is 31.6. The van der Waals surface area contributed by atoms with Gasteiger partial charge in [-0.05, 0) is 73.7 Å². The molecule has 0 bridgehead atoms. The van der Waals surface area contributed by atoms with Gasteiger partial charge in [0.25, 0.3) is 0 Å². The Morgan fingerprint density at radius 2 is 1.25 bits per heavy atom. The van der Waals surface area contributed by atoms with Gasteiger partial charge >= 0.3 is 12.4 Å². The highest BCUT2D eigenvalue weighted by atomic mass is 32.2. The van der Waals surface area contributed by atoms with Crippen LogP contribution in [0.15, 0.2) is 10.5 Å². The van der Waals surface area contributed by atoms with Crippen molar-refractivity contribution in [1.29, 1.82) is 10.5 Å². The lowest BCUT2D eigenvalue weighted by Gasteiger charge is -2.35. The molecule has 6 nitrogen and oxygen atoms in total. The molecule has 0 saturated heterocycles. The molecular weight excluding hydrogens is 582 g/mol. The van der Waals surface area contributed by atoms with E-state index < -0.39 is 25.2 Å². The Labute approximate surface area is 240 Å². The summed E-state index contributed by atoms with van der Waals surface area (Å²) in [4.78, 5) is 28.5. The average Bonchev–Trinajstić information content (AvgIpc) is 2.87. The molecule has 2 aliphatic carbocycles. The van der Waals surface area contributed by atoms with Crippen molar-refractivity contribution in [2.24, 2.45) is 16.7 Å². The Hall–Kier alpha value is -1.80. The summed E-state index contributed by atoms with van der Waals surface area (Å²) in [6.07, 6.45) is -2.12. The van der Waals surface area contributed by atoms with Gasteiger partial charge in [0.2, 0.25) is 0 Å². The fourth-order valence-corrected chi connectivity index (χ4v) is 6.48. The average molecular weight is 621 g/mol. The second-order valence-corrected chi connectivity index (χ2v) is 13.6. The molecule has 1 unspecified atom stereocenters. The quantitative estimate of drug-likeness (QED) is 0.204. The van der Waals surface area contributed by atoms with E-state index in [1.165, 1.54) is 11.8 Å². The normalized spacial score (nSPS) is 19.1. The number of alkyl halides is 6. The van der Waals surface area contributed by atoms with Crippen molar-refractivity contribution in [2.45, 2.75) is 110 Å². The molecule has 0 aromatic heterocycles. The molecular formula is C26H38F6N2O4S2. The number of halogens is 6. The van der Waals surface area contributed by atoms with Gasteiger partial charge in [-0.15, -0.1) is 23.5 Å². The number of nitrogens with zero attached hydrogens (tertiary/aromatic N) is 2. The fraction of sp³-hybridized carbons (Fsp3) is 0.846. The van der Waals surface area contributed by atoms with Crippen LogP contribution in [0.3, 0.4) is 0 Å². The van der Waals surface area contributed by atoms with E-state index in [9.17, 15) is 26.3 Å². The van der Waals surface area contributed by atoms with Gasteiger partial charge in [-0.1, -0.05) is 27.7 Å². The molecule has 0 spiro atoms. The minimum absolute atomic E-state index is 0.00161. The van der Waals surface area contributed by atoms with E-state index >= 15 is 0 Å². The Bertz CT molecular complexity index is 828. The number of rotatable bonds is 7. The molecule has 2 aliphatic rings. The molecule has 0 amide bonds. The Morgan fingerprint density at radius 3 is 1.65 bits per heavy atom. The first-order chi connectivity index (χ1) is 18.5. The molecule has 0 N–H and O–H groups in total. The first-order valence-corrected chi connectivity index (χ1v) is 14.7. The molecule has 1 atom stereocenters. The van der Waals surface area contributed by atoms with Crippen LogP contribution >= 0.6 is 23.5 Å². The second-order valence-electron chi connectivity index (χ2n) is 11.2. The molecule has 0 aromatic carbocycles. The largest absolute Gasteiger partial charge is 0.389 e. The van der Waals surface area contributed by atoms with Crippen LogP contribution < -0.4 is 0 Å². The fourth-order valence-electron chi connectivity index (χ4n) is 4.24. The van der Waals surface area contributed by atoms with Crippen molar-refractivity contribution < 1.29 is 26.3 Å². The summed E-state index contributed by atoms with van der Waals surface area (Å²) in [5, 5.41) is 17.8. The van der Waals surface area contributed by atoms with E-state index in [2.05, 4.69) is 39.8 Å². The van der Waals surface area contributed by atoms with Crippen molar-refractivity contribution in [3.8, 4) is 12.1 Å². The summed E-state index contributed by atoms with van der Waals surface area (Å²) >= 11 is 2.23. The zero-order valence-corrected chi connectivity index (χ0v) is 24.9. The van der Waals surface area contributed by atoms with Crippen LogP contribution in [-0.2, 0) is 0 Å². The molecule has 2 rings (SSSR count).